The first-order chi connectivity index (χ1) is 9.08. The van der Waals surface area contributed by atoms with Crippen molar-refractivity contribution >= 4 is 17.5 Å². The molecule has 0 aromatic heterocycles. The maximum absolute atomic E-state index is 13.3. The highest BCUT2D eigenvalue weighted by Gasteiger charge is 2.45. The van der Waals surface area contributed by atoms with Gasteiger partial charge in [0.25, 0.3) is 5.91 Å². The number of halogens is 1. The Morgan fingerprint density at radius 3 is 2.68 bits per heavy atom. The van der Waals surface area contributed by atoms with Crippen LogP contribution >= 0.6 is 0 Å². The van der Waals surface area contributed by atoms with Crippen LogP contribution in [0.25, 0.3) is 0 Å². The van der Waals surface area contributed by atoms with Crippen LogP contribution in [0, 0.1) is 11.7 Å². The molecule has 4 nitrogen and oxygen atoms in total. The van der Waals surface area contributed by atoms with Gasteiger partial charge in [-0.1, -0.05) is 6.07 Å². The summed E-state index contributed by atoms with van der Waals surface area (Å²) in [5.74, 6) is -0.493. The quantitative estimate of drug-likeness (QED) is 0.877. The molecule has 19 heavy (non-hydrogen) atoms. The Morgan fingerprint density at radius 1 is 1.32 bits per heavy atom. The van der Waals surface area contributed by atoms with Gasteiger partial charge in [0.15, 0.2) is 0 Å². The summed E-state index contributed by atoms with van der Waals surface area (Å²) in [6.07, 6.45) is 1.92. The number of hydrogen-bond acceptors (Lipinski definition) is 2. The van der Waals surface area contributed by atoms with Crippen LogP contribution in [0.4, 0.5) is 10.1 Å². The molecule has 0 bridgehead atoms. The fourth-order valence-corrected chi connectivity index (χ4v) is 2.52. The molecule has 0 radical (unpaired) electrons. The van der Waals surface area contributed by atoms with Crippen LogP contribution in [0.3, 0.4) is 0 Å². The zero-order valence-electron chi connectivity index (χ0n) is 10.6. The SMILES string of the molecule is CC1C(=O)NC(C2CC2)C(=O)N1c1cccc(F)c1. The van der Waals surface area contributed by atoms with Crippen LogP contribution in [0.15, 0.2) is 24.3 Å². The van der Waals surface area contributed by atoms with Gasteiger partial charge in [0.05, 0.1) is 0 Å². The molecule has 2 unspecified atom stereocenters. The normalized spacial score (nSPS) is 27.4. The van der Waals surface area contributed by atoms with Gasteiger partial charge in [-0.25, -0.2) is 4.39 Å². The lowest BCUT2D eigenvalue weighted by Crippen LogP contribution is -2.63. The van der Waals surface area contributed by atoms with Crippen molar-refractivity contribution in [1.82, 2.24) is 5.32 Å². The molecule has 2 atom stereocenters. The highest BCUT2D eigenvalue weighted by Crippen LogP contribution is 2.36. The highest BCUT2D eigenvalue weighted by molar-refractivity contribution is 6.08. The number of carbonyl (C=O) groups is 2. The van der Waals surface area contributed by atoms with E-state index in [1.165, 1.54) is 17.0 Å². The number of amides is 2. The van der Waals surface area contributed by atoms with Crippen LogP contribution in [0.5, 0.6) is 0 Å². The van der Waals surface area contributed by atoms with E-state index in [9.17, 15) is 14.0 Å². The van der Waals surface area contributed by atoms with Gasteiger partial charge in [-0.3, -0.25) is 14.5 Å². The van der Waals surface area contributed by atoms with Crippen molar-refractivity contribution in [2.45, 2.75) is 31.8 Å². The minimum Gasteiger partial charge on any atom is -0.342 e. The van der Waals surface area contributed by atoms with Crippen molar-refractivity contribution in [3.63, 3.8) is 0 Å². The van der Waals surface area contributed by atoms with Crippen molar-refractivity contribution in [3.8, 4) is 0 Å². The smallest absolute Gasteiger partial charge is 0.250 e. The predicted octanol–water partition coefficient (Wildman–Crippen LogP) is 1.46. The lowest BCUT2D eigenvalue weighted by atomic mass is 10.0. The molecule has 3 rings (SSSR count). The molecule has 0 spiro atoms. The summed E-state index contributed by atoms with van der Waals surface area (Å²) in [6, 6.07) is 4.75. The zero-order chi connectivity index (χ0) is 13.6. The zero-order valence-corrected chi connectivity index (χ0v) is 10.6. The fraction of sp³-hybridized carbons (Fsp3) is 0.429. The summed E-state index contributed by atoms with van der Waals surface area (Å²) < 4.78 is 13.3. The molecule has 1 heterocycles. The first-order valence-corrected chi connectivity index (χ1v) is 6.47. The van der Waals surface area contributed by atoms with Crippen LogP contribution in [0.2, 0.25) is 0 Å². The largest absolute Gasteiger partial charge is 0.342 e. The lowest BCUT2D eigenvalue weighted by molar-refractivity contribution is -0.134. The van der Waals surface area contributed by atoms with Crippen molar-refractivity contribution < 1.29 is 14.0 Å². The van der Waals surface area contributed by atoms with E-state index in [1.807, 2.05) is 0 Å². The molecular weight excluding hydrogens is 247 g/mol. The average Bonchev–Trinajstić information content (AvgIpc) is 3.18. The Hall–Kier alpha value is -1.91. The van der Waals surface area contributed by atoms with Gasteiger partial charge in [0, 0.05) is 5.69 Å². The van der Waals surface area contributed by atoms with Gasteiger partial charge in [0.1, 0.15) is 17.9 Å². The Morgan fingerprint density at radius 2 is 2.05 bits per heavy atom. The van der Waals surface area contributed by atoms with Crippen molar-refractivity contribution in [2.75, 3.05) is 4.90 Å². The van der Waals surface area contributed by atoms with Gasteiger partial charge in [0.2, 0.25) is 5.91 Å². The van der Waals surface area contributed by atoms with E-state index in [-0.39, 0.29) is 17.7 Å². The Labute approximate surface area is 110 Å². The van der Waals surface area contributed by atoms with E-state index in [0.29, 0.717) is 5.69 Å². The summed E-state index contributed by atoms with van der Waals surface area (Å²) in [7, 11) is 0. The summed E-state index contributed by atoms with van der Waals surface area (Å²) in [5, 5.41) is 2.77. The van der Waals surface area contributed by atoms with E-state index in [4.69, 9.17) is 0 Å². The van der Waals surface area contributed by atoms with E-state index < -0.39 is 17.9 Å². The number of anilines is 1. The topological polar surface area (TPSA) is 49.4 Å². The van der Waals surface area contributed by atoms with Crippen LogP contribution in [-0.4, -0.2) is 23.9 Å². The molecule has 1 aromatic rings. The van der Waals surface area contributed by atoms with Gasteiger partial charge in [-0.05, 0) is 43.9 Å². The minimum absolute atomic E-state index is 0.139. The molecule has 2 aliphatic rings. The van der Waals surface area contributed by atoms with Gasteiger partial charge in [-0.15, -0.1) is 0 Å². The summed E-state index contributed by atoms with van der Waals surface area (Å²) in [5.41, 5.74) is 0.443. The first-order valence-electron chi connectivity index (χ1n) is 6.47. The lowest BCUT2D eigenvalue weighted by Gasteiger charge is -2.37. The first kappa shape index (κ1) is 12.1. The second kappa shape index (κ2) is 4.33. The van der Waals surface area contributed by atoms with Crippen LogP contribution in [0.1, 0.15) is 19.8 Å². The Kier molecular flexibility index (Phi) is 2.77. The maximum atomic E-state index is 13.3. The standard InChI is InChI=1S/C14H15FN2O2/c1-8-13(18)16-12(9-5-6-9)14(19)17(8)11-4-2-3-10(15)7-11/h2-4,7-9,12H,5-6H2,1H3,(H,16,18). The van der Waals surface area contributed by atoms with Crippen LogP contribution in [-0.2, 0) is 9.59 Å². The third kappa shape index (κ3) is 2.09. The molecule has 2 fully saturated rings. The van der Waals surface area contributed by atoms with Crippen molar-refractivity contribution in [2.24, 2.45) is 5.92 Å². The third-order valence-electron chi connectivity index (χ3n) is 3.75. The van der Waals surface area contributed by atoms with Crippen LogP contribution < -0.4 is 10.2 Å². The molecule has 1 saturated heterocycles. The molecule has 1 aromatic carbocycles. The van der Waals surface area contributed by atoms with Gasteiger partial charge in [-0.2, -0.15) is 0 Å². The summed E-state index contributed by atoms with van der Waals surface area (Å²) in [6.45, 7) is 1.65. The number of rotatable bonds is 2. The molecule has 1 aliphatic carbocycles. The summed E-state index contributed by atoms with van der Waals surface area (Å²) in [4.78, 5) is 25.8. The molecule has 5 heteroatoms. The fourth-order valence-electron chi connectivity index (χ4n) is 2.52. The molecular formula is C14H15FN2O2. The Balaban J connectivity index is 1.96. The maximum Gasteiger partial charge on any atom is 0.250 e. The minimum atomic E-state index is -0.607. The molecule has 2 amide bonds. The van der Waals surface area contributed by atoms with E-state index in [1.54, 1.807) is 19.1 Å². The van der Waals surface area contributed by atoms with Gasteiger partial charge >= 0.3 is 0 Å². The summed E-state index contributed by atoms with van der Waals surface area (Å²) >= 11 is 0. The number of benzene rings is 1. The second-order valence-corrected chi connectivity index (χ2v) is 5.19. The predicted molar refractivity (Wildman–Crippen MR) is 68.0 cm³/mol. The average molecular weight is 262 g/mol. The molecule has 1 N–H and O–H groups in total. The Bertz CT molecular complexity index is 542. The molecule has 1 saturated carbocycles. The number of nitrogens with zero attached hydrogens (tertiary/aromatic N) is 1. The number of nitrogens with one attached hydrogen (secondary N) is 1. The highest BCUT2D eigenvalue weighted by atomic mass is 19.1. The third-order valence-corrected chi connectivity index (χ3v) is 3.75. The van der Waals surface area contributed by atoms with E-state index in [2.05, 4.69) is 5.32 Å². The van der Waals surface area contributed by atoms with E-state index in [0.717, 1.165) is 12.8 Å². The monoisotopic (exact) mass is 262 g/mol. The molecule has 1 aliphatic heterocycles. The number of carbonyl (C=O) groups excluding carboxylic acids is 2. The van der Waals surface area contributed by atoms with E-state index >= 15 is 0 Å². The number of piperazine rings is 1. The second-order valence-electron chi connectivity index (χ2n) is 5.19. The number of hydrogen-bond donors (Lipinski definition) is 1. The molecule has 100 valence electrons. The van der Waals surface area contributed by atoms with Crippen molar-refractivity contribution in [1.29, 1.82) is 0 Å². The van der Waals surface area contributed by atoms with Crippen molar-refractivity contribution in [3.05, 3.63) is 30.1 Å². The van der Waals surface area contributed by atoms with Gasteiger partial charge < -0.3 is 5.32 Å².